The minimum absolute atomic E-state index is 0.0482. The van der Waals surface area contributed by atoms with Crippen molar-refractivity contribution in [1.82, 2.24) is 14.9 Å². The Morgan fingerprint density at radius 2 is 1.71 bits per heavy atom. The van der Waals surface area contributed by atoms with Crippen LogP contribution in [0.1, 0.15) is 77.7 Å². The molecule has 0 N–H and O–H groups in total. The Kier molecular flexibility index (Phi) is 6.33. The van der Waals surface area contributed by atoms with Crippen LogP contribution >= 0.6 is 0 Å². The van der Waals surface area contributed by atoms with E-state index in [-0.39, 0.29) is 36.5 Å². The summed E-state index contributed by atoms with van der Waals surface area (Å²) in [6, 6.07) is 2.52. The lowest BCUT2D eigenvalue weighted by Crippen LogP contribution is -2.50. The largest absolute Gasteiger partial charge is 0.473 e. The summed E-state index contributed by atoms with van der Waals surface area (Å²) in [5.41, 5.74) is -0.0993. The number of hydrogen-bond donors (Lipinski definition) is 0. The predicted octanol–water partition coefficient (Wildman–Crippen LogP) is 3.99. The molecule has 1 saturated carbocycles. The number of carbonyl (C=O) groups excluding carboxylic acids is 1. The van der Waals surface area contributed by atoms with Crippen molar-refractivity contribution in [2.24, 2.45) is 0 Å². The van der Waals surface area contributed by atoms with Gasteiger partial charge in [0.15, 0.2) is 0 Å². The fourth-order valence-corrected chi connectivity index (χ4v) is 5.06. The number of nitrogens with zero attached hydrogens (tertiary/aromatic N) is 4. The van der Waals surface area contributed by atoms with Gasteiger partial charge >= 0.3 is 6.09 Å². The summed E-state index contributed by atoms with van der Waals surface area (Å²) >= 11 is 0. The molecule has 1 aromatic rings. The average molecular weight is 429 g/mol. The number of nitriles is 1. The van der Waals surface area contributed by atoms with Crippen molar-refractivity contribution in [1.29, 1.82) is 5.26 Å². The van der Waals surface area contributed by atoms with Crippen LogP contribution in [0, 0.1) is 11.3 Å². The molecule has 0 spiro atoms. The van der Waals surface area contributed by atoms with Crippen LogP contribution in [0.25, 0.3) is 0 Å². The van der Waals surface area contributed by atoms with Gasteiger partial charge in [-0.05, 0) is 72.1 Å². The highest BCUT2D eigenvalue weighted by Gasteiger charge is 2.45. The van der Waals surface area contributed by atoms with Gasteiger partial charge in [-0.1, -0.05) is 0 Å². The second-order valence-corrected chi connectivity index (χ2v) is 9.87. The summed E-state index contributed by atoms with van der Waals surface area (Å²) in [5, 5.41) is 9.17. The molecule has 4 rings (SSSR count). The number of hydrogen-bond acceptors (Lipinski definition) is 7. The van der Waals surface area contributed by atoms with Crippen LogP contribution in [0.5, 0.6) is 5.88 Å². The molecule has 2 atom stereocenters. The third kappa shape index (κ3) is 5.27. The van der Waals surface area contributed by atoms with E-state index in [4.69, 9.17) is 19.5 Å². The SMILES string of the molecule is CC(C)(C)OC(=O)N1[C@H]2CC[C@H]1CC(OC1CCC(Oc3ncncc3C#N)CC1)C2. The van der Waals surface area contributed by atoms with Crippen molar-refractivity contribution in [3.8, 4) is 11.9 Å². The third-order valence-corrected chi connectivity index (χ3v) is 6.37. The third-order valence-electron chi connectivity index (χ3n) is 6.37. The maximum atomic E-state index is 12.6. The minimum atomic E-state index is -0.468. The van der Waals surface area contributed by atoms with Gasteiger partial charge in [0.05, 0.1) is 18.4 Å². The normalized spacial score (nSPS) is 30.5. The minimum Gasteiger partial charge on any atom is -0.473 e. The van der Waals surface area contributed by atoms with Gasteiger partial charge in [0.2, 0.25) is 5.88 Å². The van der Waals surface area contributed by atoms with Crippen LogP contribution in [-0.4, -0.2) is 57.0 Å². The van der Waals surface area contributed by atoms with Crippen LogP contribution in [0.4, 0.5) is 4.79 Å². The molecule has 8 nitrogen and oxygen atoms in total. The molecule has 0 radical (unpaired) electrons. The van der Waals surface area contributed by atoms with Gasteiger partial charge in [-0.15, -0.1) is 0 Å². The lowest BCUT2D eigenvalue weighted by atomic mass is 9.93. The fourth-order valence-electron chi connectivity index (χ4n) is 5.06. The Hall–Kier alpha value is -2.40. The molecule has 3 aliphatic rings. The first-order valence-electron chi connectivity index (χ1n) is 11.4. The summed E-state index contributed by atoms with van der Waals surface area (Å²) in [4.78, 5) is 22.6. The highest BCUT2D eigenvalue weighted by molar-refractivity contribution is 5.69. The Morgan fingerprint density at radius 3 is 2.32 bits per heavy atom. The number of carbonyl (C=O) groups is 1. The number of amides is 1. The summed E-state index contributed by atoms with van der Waals surface area (Å²) in [6.45, 7) is 5.73. The molecule has 0 aromatic carbocycles. The van der Waals surface area contributed by atoms with E-state index in [1.54, 1.807) is 0 Å². The first-order valence-corrected chi connectivity index (χ1v) is 11.4. The molecule has 31 heavy (non-hydrogen) atoms. The zero-order valence-corrected chi connectivity index (χ0v) is 18.6. The van der Waals surface area contributed by atoms with Crippen LogP contribution in [0.3, 0.4) is 0 Å². The number of piperidine rings is 1. The van der Waals surface area contributed by atoms with Crippen molar-refractivity contribution in [3.05, 3.63) is 18.1 Å². The Bertz CT molecular complexity index is 812. The van der Waals surface area contributed by atoms with E-state index in [9.17, 15) is 4.79 Å². The zero-order chi connectivity index (χ0) is 22.0. The van der Waals surface area contributed by atoms with Gasteiger partial charge in [0.1, 0.15) is 29.7 Å². The van der Waals surface area contributed by atoms with Crippen molar-refractivity contribution in [2.75, 3.05) is 0 Å². The van der Waals surface area contributed by atoms with Crippen molar-refractivity contribution in [3.63, 3.8) is 0 Å². The summed E-state index contributed by atoms with van der Waals surface area (Å²) in [6.07, 6.45) is 10.6. The maximum absolute atomic E-state index is 12.6. The zero-order valence-electron chi connectivity index (χ0n) is 18.6. The number of rotatable bonds is 4. The van der Waals surface area contributed by atoms with Gasteiger partial charge in [-0.25, -0.2) is 14.8 Å². The topological polar surface area (TPSA) is 97.6 Å². The standard InChI is InChI=1S/C23H32N4O4/c1-23(2,3)31-22(28)27-16-4-5-17(27)11-20(10-16)29-18-6-8-19(9-7-18)30-21-15(12-24)13-25-14-26-21/h13-14,16-20H,4-11H2,1-3H3/t16-,17-,18?,19?/m0/s1. The Morgan fingerprint density at radius 1 is 1.06 bits per heavy atom. The number of aromatic nitrogens is 2. The number of fused-ring (bicyclic) bond motifs is 2. The summed E-state index contributed by atoms with van der Waals surface area (Å²) < 4.78 is 18.0. The van der Waals surface area contributed by atoms with Crippen molar-refractivity contribution >= 4 is 6.09 Å². The van der Waals surface area contributed by atoms with Crippen molar-refractivity contribution < 1.29 is 19.0 Å². The fraction of sp³-hybridized carbons (Fsp3) is 0.739. The smallest absolute Gasteiger partial charge is 0.410 e. The van der Waals surface area contributed by atoms with Gasteiger partial charge < -0.3 is 19.1 Å². The lowest BCUT2D eigenvalue weighted by Gasteiger charge is -2.41. The van der Waals surface area contributed by atoms with E-state index in [1.807, 2.05) is 25.7 Å². The van der Waals surface area contributed by atoms with E-state index in [1.165, 1.54) is 12.5 Å². The van der Waals surface area contributed by atoms with Crippen LogP contribution < -0.4 is 4.74 Å². The van der Waals surface area contributed by atoms with Crippen LogP contribution in [0.2, 0.25) is 0 Å². The highest BCUT2D eigenvalue weighted by atomic mass is 16.6. The molecule has 8 heteroatoms. The van der Waals surface area contributed by atoms with Crippen LogP contribution in [0.15, 0.2) is 12.5 Å². The molecule has 168 valence electrons. The second kappa shape index (κ2) is 8.99. The van der Waals surface area contributed by atoms with Gasteiger partial charge in [-0.3, -0.25) is 0 Å². The quantitative estimate of drug-likeness (QED) is 0.715. The molecule has 1 amide bonds. The average Bonchev–Trinajstić information content (AvgIpc) is 3.00. The molecule has 2 bridgehead atoms. The molecular weight excluding hydrogens is 396 g/mol. The van der Waals surface area contributed by atoms with E-state index < -0.39 is 5.60 Å². The van der Waals surface area contributed by atoms with Crippen molar-refractivity contribution in [2.45, 2.75) is 108 Å². The van der Waals surface area contributed by atoms with Gasteiger partial charge in [-0.2, -0.15) is 5.26 Å². The Balaban J connectivity index is 1.25. The molecular formula is C23H32N4O4. The number of ether oxygens (including phenoxy) is 3. The molecule has 1 aliphatic carbocycles. The van der Waals surface area contributed by atoms with E-state index in [2.05, 4.69) is 16.0 Å². The monoisotopic (exact) mass is 428 g/mol. The summed E-state index contributed by atoms with van der Waals surface area (Å²) in [7, 11) is 0. The molecule has 3 fully saturated rings. The second-order valence-electron chi connectivity index (χ2n) is 9.87. The molecule has 0 unspecified atom stereocenters. The summed E-state index contributed by atoms with van der Waals surface area (Å²) in [5.74, 6) is 0.368. The van der Waals surface area contributed by atoms with E-state index in [0.29, 0.717) is 11.4 Å². The highest BCUT2D eigenvalue weighted by Crippen LogP contribution is 2.39. The van der Waals surface area contributed by atoms with Gasteiger partial charge in [0.25, 0.3) is 0 Å². The first kappa shape index (κ1) is 21.8. The first-order chi connectivity index (χ1) is 14.8. The molecule has 2 saturated heterocycles. The van der Waals surface area contributed by atoms with E-state index >= 15 is 0 Å². The predicted molar refractivity (Wildman–Crippen MR) is 112 cm³/mol. The molecule has 2 aliphatic heterocycles. The van der Waals surface area contributed by atoms with E-state index in [0.717, 1.165) is 51.4 Å². The maximum Gasteiger partial charge on any atom is 0.410 e. The molecule has 3 heterocycles. The Labute approximate surface area is 183 Å². The lowest BCUT2D eigenvalue weighted by molar-refractivity contribution is -0.0814. The van der Waals surface area contributed by atoms with Gasteiger partial charge in [0, 0.05) is 12.1 Å². The van der Waals surface area contributed by atoms with Crippen LogP contribution in [-0.2, 0) is 9.47 Å². The molecule has 1 aromatic heterocycles.